The molecular weight excluding hydrogens is 336 g/mol. The number of pyridine rings is 1. The summed E-state index contributed by atoms with van der Waals surface area (Å²) in [7, 11) is 0. The maximum absolute atomic E-state index is 4.30. The van der Waals surface area contributed by atoms with Crippen LogP contribution in [0.5, 0.6) is 0 Å². The molecule has 0 N–H and O–H groups in total. The standard InChI is InChI=1S/C14H11BrN4S/c1-20-14-18-17-13(10-3-2-8-16-9-10)19(14)12-6-4-11(15)5-7-12/h2-9H,1H3. The molecule has 100 valence electrons. The molecule has 6 heteroatoms. The van der Waals surface area contributed by atoms with E-state index >= 15 is 0 Å². The summed E-state index contributed by atoms with van der Waals surface area (Å²) in [5.74, 6) is 0.796. The zero-order chi connectivity index (χ0) is 13.9. The first-order valence-electron chi connectivity index (χ1n) is 5.95. The number of thioether (sulfide) groups is 1. The maximum atomic E-state index is 4.30. The SMILES string of the molecule is CSc1nnc(-c2cccnc2)n1-c1ccc(Br)cc1. The van der Waals surface area contributed by atoms with Gasteiger partial charge in [-0.1, -0.05) is 27.7 Å². The topological polar surface area (TPSA) is 43.6 Å². The van der Waals surface area contributed by atoms with Crippen molar-refractivity contribution in [1.29, 1.82) is 0 Å². The highest BCUT2D eigenvalue weighted by Gasteiger charge is 2.14. The molecule has 20 heavy (non-hydrogen) atoms. The maximum Gasteiger partial charge on any atom is 0.195 e. The van der Waals surface area contributed by atoms with Crippen LogP contribution in [0, 0.1) is 0 Å². The molecule has 0 bridgehead atoms. The van der Waals surface area contributed by atoms with Crippen LogP contribution in [-0.4, -0.2) is 26.0 Å². The molecule has 0 fully saturated rings. The van der Waals surface area contributed by atoms with Crippen molar-refractivity contribution in [2.75, 3.05) is 6.26 Å². The average Bonchev–Trinajstić information content (AvgIpc) is 2.93. The Morgan fingerprint density at radius 1 is 1.10 bits per heavy atom. The molecule has 2 aromatic heterocycles. The third-order valence-electron chi connectivity index (χ3n) is 2.82. The van der Waals surface area contributed by atoms with Crippen LogP contribution in [0.2, 0.25) is 0 Å². The van der Waals surface area contributed by atoms with Crippen LogP contribution in [0.25, 0.3) is 17.1 Å². The lowest BCUT2D eigenvalue weighted by molar-refractivity contribution is 0.888. The van der Waals surface area contributed by atoms with Crippen LogP contribution < -0.4 is 0 Å². The van der Waals surface area contributed by atoms with Gasteiger partial charge in [0, 0.05) is 28.1 Å². The van der Waals surface area contributed by atoms with Crippen LogP contribution >= 0.6 is 27.7 Å². The first-order chi connectivity index (χ1) is 9.79. The van der Waals surface area contributed by atoms with E-state index in [0.29, 0.717) is 0 Å². The van der Waals surface area contributed by atoms with Crippen LogP contribution in [0.1, 0.15) is 0 Å². The second kappa shape index (κ2) is 5.76. The molecule has 0 aliphatic carbocycles. The Morgan fingerprint density at radius 2 is 1.90 bits per heavy atom. The second-order valence-electron chi connectivity index (χ2n) is 4.06. The molecule has 0 saturated carbocycles. The highest BCUT2D eigenvalue weighted by atomic mass is 79.9. The van der Waals surface area contributed by atoms with Gasteiger partial charge in [-0.15, -0.1) is 10.2 Å². The lowest BCUT2D eigenvalue weighted by Crippen LogP contribution is -1.99. The van der Waals surface area contributed by atoms with E-state index in [2.05, 4.69) is 31.1 Å². The summed E-state index contributed by atoms with van der Waals surface area (Å²) < 4.78 is 3.08. The van der Waals surface area contributed by atoms with E-state index in [0.717, 1.165) is 26.7 Å². The monoisotopic (exact) mass is 346 g/mol. The van der Waals surface area contributed by atoms with Crippen molar-refractivity contribution in [3.05, 3.63) is 53.3 Å². The van der Waals surface area contributed by atoms with Crippen molar-refractivity contribution < 1.29 is 0 Å². The number of hydrogen-bond acceptors (Lipinski definition) is 4. The number of aromatic nitrogens is 4. The third kappa shape index (κ3) is 2.48. The fourth-order valence-electron chi connectivity index (χ4n) is 1.91. The van der Waals surface area contributed by atoms with E-state index < -0.39 is 0 Å². The Labute approximate surface area is 129 Å². The number of hydrogen-bond donors (Lipinski definition) is 0. The first-order valence-corrected chi connectivity index (χ1v) is 7.97. The van der Waals surface area contributed by atoms with E-state index in [4.69, 9.17) is 0 Å². The number of rotatable bonds is 3. The van der Waals surface area contributed by atoms with E-state index in [-0.39, 0.29) is 0 Å². The fraction of sp³-hybridized carbons (Fsp3) is 0.0714. The molecule has 0 atom stereocenters. The Kier molecular flexibility index (Phi) is 3.84. The lowest BCUT2D eigenvalue weighted by atomic mass is 10.2. The highest BCUT2D eigenvalue weighted by Crippen LogP contribution is 2.27. The van der Waals surface area contributed by atoms with Crippen LogP contribution in [-0.2, 0) is 0 Å². The van der Waals surface area contributed by atoms with Crippen molar-refractivity contribution in [3.63, 3.8) is 0 Å². The van der Waals surface area contributed by atoms with E-state index in [9.17, 15) is 0 Å². The van der Waals surface area contributed by atoms with Crippen molar-refractivity contribution in [2.24, 2.45) is 0 Å². The Morgan fingerprint density at radius 3 is 2.55 bits per heavy atom. The van der Waals surface area contributed by atoms with Crippen molar-refractivity contribution in [2.45, 2.75) is 5.16 Å². The van der Waals surface area contributed by atoms with E-state index in [1.807, 2.05) is 47.2 Å². The van der Waals surface area contributed by atoms with Gasteiger partial charge in [-0.25, -0.2) is 0 Å². The van der Waals surface area contributed by atoms with Gasteiger partial charge in [0.05, 0.1) is 0 Å². The van der Waals surface area contributed by atoms with Crippen LogP contribution in [0.3, 0.4) is 0 Å². The minimum atomic E-state index is 0.796. The van der Waals surface area contributed by atoms with E-state index in [1.165, 1.54) is 0 Å². The van der Waals surface area contributed by atoms with Crippen molar-refractivity contribution in [3.8, 4) is 17.1 Å². The predicted molar refractivity (Wildman–Crippen MR) is 84.1 cm³/mol. The molecule has 0 amide bonds. The molecular formula is C14H11BrN4S. The van der Waals surface area contributed by atoms with Crippen LogP contribution in [0.4, 0.5) is 0 Å². The van der Waals surface area contributed by atoms with Crippen LogP contribution in [0.15, 0.2) is 58.4 Å². The normalized spacial score (nSPS) is 10.7. The summed E-state index contributed by atoms with van der Waals surface area (Å²) in [4.78, 5) is 4.15. The summed E-state index contributed by atoms with van der Waals surface area (Å²) in [5.41, 5.74) is 1.98. The van der Waals surface area contributed by atoms with Crippen molar-refractivity contribution in [1.82, 2.24) is 19.7 Å². The molecule has 0 unspecified atom stereocenters. The zero-order valence-corrected chi connectivity index (χ0v) is 13.1. The zero-order valence-electron chi connectivity index (χ0n) is 10.7. The number of benzene rings is 1. The highest BCUT2D eigenvalue weighted by molar-refractivity contribution is 9.10. The average molecular weight is 347 g/mol. The van der Waals surface area contributed by atoms with Gasteiger partial charge >= 0.3 is 0 Å². The van der Waals surface area contributed by atoms with Crippen molar-refractivity contribution >= 4 is 27.7 Å². The molecule has 0 spiro atoms. The quantitative estimate of drug-likeness (QED) is 0.676. The molecule has 3 rings (SSSR count). The minimum absolute atomic E-state index is 0.796. The molecule has 4 nitrogen and oxygen atoms in total. The second-order valence-corrected chi connectivity index (χ2v) is 5.75. The molecule has 3 aromatic rings. The Hall–Kier alpha value is -1.66. The predicted octanol–water partition coefficient (Wildman–Crippen LogP) is 3.81. The first kappa shape index (κ1) is 13.3. The number of nitrogens with zero attached hydrogens (tertiary/aromatic N) is 4. The van der Waals surface area contributed by atoms with Gasteiger partial charge in [-0.2, -0.15) is 0 Å². The largest absolute Gasteiger partial charge is 0.270 e. The summed E-state index contributed by atoms with van der Waals surface area (Å²) in [6.45, 7) is 0. The summed E-state index contributed by atoms with van der Waals surface area (Å²) >= 11 is 5.02. The minimum Gasteiger partial charge on any atom is -0.270 e. The van der Waals surface area contributed by atoms with Gasteiger partial charge in [-0.05, 0) is 42.7 Å². The van der Waals surface area contributed by atoms with Gasteiger partial charge < -0.3 is 0 Å². The molecule has 2 heterocycles. The fourth-order valence-corrected chi connectivity index (χ4v) is 2.67. The number of halogens is 1. The summed E-state index contributed by atoms with van der Waals surface area (Å²) in [5, 5.41) is 9.40. The lowest BCUT2D eigenvalue weighted by Gasteiger charge is -2.09. The Bertz CT molecular complexity index is 710. The van der Waals surface area contributed by atoms with Gasteiger partial charge in [0.25, 0.3) is 0 Å². The molecule has 0 radical (unpaired) electrons. The third-order valence-corrected chi connectivity index (χ3v) is 3.98. The molecule has 0 aliphatic heterocycles. The van der Waals surface area contributed by atoms with Gasteiger partial charge in [0.15, 0.2) is 11.0 Å². The molecule has 0 aliphatic rings. The molecule has 0 saturated heterocycles. The smallest absolute Gasteiger partial charge is 0.195 e. The van der Waals surface area contributed by atoms with E-state index in [1.54, 1.807) is 24.2 Å². The van der Waals surface area contributed by atoms with Gasteiger partial charge in [0.1, 0.15) is 0 Å². The van der Waals surface area contributed by atoms with Gasteiger partial charge in [0.2, 0.25) is 0 Å². The summed E-state index contributed by atoms with van der Waals surface area (Å²) in [6, 6.07) is 12.0. The summed E-state index contributed by atoms with van der Waals surface area (Å²) in [6.07, 6.45) is 5.54. The Balaban J connectivity index is 2.18. The molecule has 1 aromatic carbocycles. The van der Waals surface area contributed by atoms with Gasteiger partial charge in [-0.3, -0.25) is 9.55 Å².